The van der Waals surface area contributed by atoms with Gasteiger partial charge in [-0.15, -0.1) is 0 Å². The fourth-order valence-corrected chi connectivity index (χ4v) is 2.89. The zero-order valence-corrected chi connectivity index (χ0v) is 12.1. The second-order valence-corrected chi connectivity index (χ2v) is 5.65. The standard InChI is InChI=1S/C16H20N4O/c1-12-9-14(17)5-7-20(12)16(21)13-3-2-4-15(10-13)19-8-6-18-11-19/h2-4,6,8,10-12,14H,5,7,9,17H2,1H3/t12-,14-/m0/s1. The Hall–Kier alpha value is -2.14. The van der Waals surface area contributed by atoms with Crippen molar-refractivity contribution in [3.63, 3.8) is 0 Å². The Morgan fingerprint density at radius 1 is 1.43 bits per heavy atom. The summed E-state index contributed by atoms with van der Waals surface area (Å²) in [6, 6.07) is 8.05. The molecule has 5 nitrogen and oxygen atoms in total. The molecule has 0 saturated carbocycles. The summed E-state index contributed by atoms with van der Waals surface area (Å²) in [7, 11) is 0. The van der Waals surface area contributed by atoms with E-state index >= 15 is 0 Å². The Morgan fingerprint density at radius 2 is 2.29 bits per heavy atom. The first-order chi connectivity index (χ1) is 10.1. The monoisotopic (exact) mass is 284 g/mol. The van der Waals surface area contributed by atoms with E-state index in [0.29, 0.717) is 5.56 Å². The van der Waals surface area contributed by atoms with Crippen molar-refractivity contribution in [1.82, 2.24) is 14.5 Å². The molecule has 1 fully saturated rings. The quantitative estimate of drug-likeness (QED) is 0.915. The first-order valence-electron chi connectivity index (χ1n) is 7.30. The van der Waals surface area contributed by atoms with Gasteiger partial charge in [0.25, 0.3) is 5.91 Å². The van der Waals surface area contributed by atoms with Crippen LogP contribution in [0, 0.1) is 0 Å². The van der Waals surface area contributed by atoms with E-state index in [1.54, 1.807) is 12.5 Å². The molecule has 21 heavy (non-hydrogen) atoms. The van der Waals surface area contributed by atoms with Gasteiger partial charge in [0.05, 0.1) is 6.33 Å². The SMILES string of the molecule is C[C@H]1C[C@@H](N)CCN1C(=O)c1cccc(-n2ccnc2)c1. The van der Waals surface area contributed by atoms with Gasteiger partial charge in [-0.05, 0) is 38.0 Å². The van der Waals surface area contributed by atoms with Gasteiger partial charge >= 0.3 is 0 Å². The Bertz CT molecular complexity index is 623. The number of rotatable bonds is 2. The van der Waals surface area contributed by atoms with E-state index in [1.807, 2.05) is 39.9 Å². The molecule has 5 heteroatoms. The molecule has 2 N–H and O–H groups in total. The van der Waals surface area contributed by atoms with E-state index < -0.39 is 0 Å². The van der Waals surface area contributed by atoms with Gasteiger partial charge in [0.1, 0.15) is 0 Å². The Morgan fingerprint density at radius 3 is 3.00 bits per heavy atom. The van der Waals surface area contributed by atoms with Crippen molar-refractivity contribution in [2.45, 2.75) is 31.8 Å². The maximum absolute atomic E-state index is 12.7. The third-order valence-electron chi connectivity index (χ3n) is 4.07. The van der Waals surface area contributed by atoms with Crippen LogP contribution in [-0.2, 0) is 0 Å². The normalized spacial score (nSPS) is 22.3. The number of benzene rings is 1. The molecular formula is C16H20N4O. The van der Waals surface area contributed by atoms with E-state index in [0.717, 1.165) is 25.1 Å². The molecule has 1 aromatic heterocycles. The van der Waals surface area contributed by atoms with Crippen LogP contribution < -0.4 is 5.73 Å². The number of hydrogen-bond acceptors (Lipinski definition) is 3. The molecular weight excluding hydrogens is 264 g/mol. The van der Waals surface area contributed by atoms with Crippen LogP contribution in [-0.4, -0.2) is 39.0 Å². The third-order valence-corrected chi connectivity index (χ3v) is 4.07. The smallest absolute Gasteiger partial charge is 0.254 e. The summed E-state index contributed by atoms with van der Waals surface area (Å²) in [5.41, 5.74) is 7.62. The van der Waals surface area contributed by atoms with Crippen molar-refractivity contribution in [1.29, 1.82) is 0 Å². The number of imidazole rings is 1. The van der Waals surface area contributed by atoms with Crippen LogP contribution >= 0.6 is 0 Å². The summed E-state index contributed by atoms with van der Waals surface area (Å²) in [6.07, 6.45) is 7.06. The first kappa shape index (κ1) is 13.8. The number of nitrogens with two attached hydrogens (primary N) is 1. The van der Waals surface area contributed by atoms with E-state index in [1.165, 1.54) is 0 Å². The highest BCUT2D eigenvalue weighted by atomic mass is 16.2. The number of aromatic nitrogens is 2. The average Bonchev–Trinajstić information content (AvgIpc) is 3.01. The molecule has 2 heterocycles. The largest absolute Gasteiger partial charge is 0.336 e. The van der Waals surface area contributed by atoms with E-state index in [-0.39, 0.29) is 18.0 Å². The molecule has 3 rings (SSSR count). The second-order valence-electron chi connectivity index (χ2n) is 5.65. The predicted molar refractivity (Wildman–Crippen MR) is 81.3 cm³/mol. The van der Waals surface area contributed by atoms with Crippen molar-refractivity contribution >= 4 is 5.91 Å². The van der Waals surface area contributed by atoms with Gasteiger partial charge in [0, 0.05) is 42.3 Å². The number of carbonyl (C=O) groups is 1. The Labute approximate surface area is 124 Å². The van der Waals surface area contributed by atoms with Gasteiger partial charge in [-0.2, -0.15) is 0 Å². The molecule has 0 spiro atoms. The molecule has 2 aromatic rings. The first-order valence-corrected chi connectivity index (χ1v) is 7.30. The zero-order chi connectivity index (χ0) is 14.8. The fraction of sp³-hybridized carbons (Fsp3) is 0.375. The van der Waals surface area contributed by atoms with Crippen LogP contribution in [0.3, 0.4) is 0 Å². The van der Waals surface area contributed by atoms with E-state index in [9.17, 15) is 4.79 Å². The highest BCUT2D eigenvalue weighted by Crippen LogP contribution is 2.20. The molecule has 0 aliphatic carbocycles. The van der Waals surface area contributed by atoms with Gasteiger partial charge in [-0.1, -0.05) is 6.07 Å². The molecule has 1 aliphatic rings. The van der Waals surface area contributed by atoms with Gasteiger partial charge in [-0.3, -0.25) is 4.79 Å². The average molecular weight is 284 g/mol. The van der Waals surface area contributed by atoms with E-state index in [4.69, 9.17) is 5.73 Å². The highest BCUT2D eigenvalue weighted by Gasteiger charge is 2.27. The van der Waals surface area contributed by atoms with Gasteiger partial charge in [0.15, 0.2) is 0 Å². The minimum atomic E-state index is 0.0800. The maximum atomic E-state index is 12.7. The molecule has 1 aliphatic heterocycles. The zero-order valence-electron chi connectivity index (χ0n) is 12.1. The minimum Gasteiger partial charge on any atom is -0.336 e. The Kier molecular flexibility index (Phi) is 3.75. The second kappa shape index (κ2) is 5.69. The molecule has 0 radical (unpaired) electrons. The lowest BCUT2D eigenvalue weighted by molar-refractivity contribution is 0.0619. The highest BCUT2D eigenvalue weighted by molar-refractivity contribution is 5.95. The summed E-state index contributed by atoms with van der Waals surface area (Å²) < 4.78 is 1.90. The summed E-state index contributed by atoms with van der Waals surface area (Å²) in [5.74, 6) is 0.0800. The molecule has 110 valence electrons. The molecule has 1 amide bonds. The molecule has 0 bridgehead atoms. The van der Waals surface area contributed by atoms with Crippen LogP contribution in [0.4, 0.5) is 0 Å². The van der Waals surface area contributed by atoms with Crippen LogP contribution in [0.2, 0.25) is 0 Å². The van der Waals surface area contributed by atoms with Crippen molar-refractivity contribution in [2.24, 2.45) is 5.73 Å². The summed E-state index contributed by atoms with van der Waals surface area (Å²) in [4.78, 5) is 18.7. The van der Waals surface area contributed by atoms with Crippen molar-refractivity contribution in [3.8, 4) is 5.69 Å². The number of carbonyl (C=O) groups excluding carboxylic acids is 1. The minimum absolute atomic E-state index is 0.0800. The summed E-state index contributed by atoms with van der Waals surface area (Å²) in [6.45, 7) is 2.80. The number of piperidine rings is 1. The van der Waals surface area contributed by atoms with Gasteiger partial charge in [-0.25, -0.2) is 4.98 Å². The van der Waals surface area contributed by atoms with Crippen molar-refractivity contribution < 1.29 is 4.79 Å². The number of hydrogen-bond donors (Lipinski definition) is 1. The van der Waals surface area contributed by atoms with Crippen LogP contribution in [0.15, 0.2) is 43.0 Å². The lowest BCUT2D eigenvalue weighted by atomic mass is 9.98. The van der Waals surface area contributed by atoms with Gasteiger partial charge < -0.3 is 15.2 Å². The predicted octanol–water partition coefficient (Wildman–Crippen LogP) is 1.82. The van der Waals surface area contributed by atoms with Crippen molar-refractivity contribution in [2.75, 3.05) is 6.54 Å². The van der Waals surface area contributed by atoms with Crippen molar-refractivity contribution in [3.05, 3.63) is 48.5 Å². The van der Waals surface area contributed by atoms with E-state index in [2.05, 4.69) is 11.9 Å². The lowest BCUT2D eigenvalue weighted by Gasteiger charge is -2.36. The lowest BCUT2D eigenvalue weighted by Crippen LogP contribution is -2.48. The van der Waals surface area contributed by atoms with Crippen LogP contribution in [0.5, 0.6) is 0 Å². The number of nitrogens with zero attached hydrogens (tertiary/aromatic N) is 3. The number of amides is 1. The molecule has 1 aromatic carbocycles. The number of likely N-dealkylation sites (tertiary alicyclic amines) is 1. The topological polar surface area (TPSA) is 64.2 Å². The molecule has 1 saturated heterocycles. The Balaban J connectivity index is 1.83. The molecule has 2 atom stereocenters. The van der Waals surface area contributed by atoms with Gasteiger partial charge in [0.2, 0.25) is 0 Å². The third kappa shape index (κ3) is 2.83. The van der Waals surface area contributed by atoms with Crippen LogP contribution in [0.1, 0.15) is 30.1 Å². The van der Waals surface area contributed by atoms with Crippen LogP contribution in [0.25, 0.3) is 5.69 Å². The molecule has 0 unspecified atom stereocenters. The maximum Gasteiger partial charge on any atom is 0.254 e. The summed E-state index contributed by atoms with van der Waals surface area (Å²) in [5, 5.41) is 0. The summed E-state index contributed by atoms with van der Waals surface area (Å²) >= 11 is 0. The fourth-order valence-electron chi connectivity index (χ4n) is 2.89.